The standard InChI is InChI=1S/C124H78N4O2/c1-3-33-96-80(25-1)53-54-88-73-83(61-69-98(88)96)79-55-63-90(64-56-79)125(93-30-21-27-84(74-93)99-35-5-13-45-114(99)127-116-47-15-7-37-105(116)106-38-8-16-48-117(106)127)91-65-59-82(60-66-91)103-72-71-101(122-111-42-12-20-52-121(111)130-124(103)122)89-62-70-104-97-34-4-2-26-87(97)77-112(113(104)78-89)86-29-23-32-95(76-86)126(92-67-57-81(58-68-92)102-43-24-44-110-109-41-11-19-51-120(109)129-123(102)110)94-31-22-28-85(75-94)100-36-6-14-46-115(100)128-118-49-17-9-39-107(118)108-40-10-18-50-119(108)128/h1-78H. The molecule has 606 valence electrons. The van der Waals surface area contributed by atoms with Gasteiger partial charge in [0, 0.05) is 99.5 Å². The lowest BCUT2D eigenvalue weighted by molar-refractivity contribution is 0.669. The number of nitrogens with zero attached hydrogens (tertiary/aromatic N) is 4. The molecule has 6 nitrogen and oxygen atoms in total. The topological polar surface area (TPSA) is 42.6 Å². The van der Waals surface area contributed by atoms with Gasteiger partial charge in [0.25, 0.3) is 0 Å². The molecule has 0 spiro atoms. The molecule has 0 bridgehead atoms. The van der Waals surface area contributed by atoms with Crippen LogP contribution in [0.15, 0.2) is 482 Å². The van der Waals surface area contributed by atoms with Crippen LogP contribution in [0, 0.1) is 0 Å². The Morgan fingerprint density at radius 3 is 1.09 bits per heavy atom. The highest BCUT2D eigenvalue weighted by atomic mass is 16.3. The zero-order chi connectivity index (χ0) is 85.4. The largest absolute Gasteiger partial charge is 0.455 e. The first-order chi connectivity index (χ1) is 64.5. The third kappa shape index (κ3) is 12.2. The van der Waals surface area contributed by atoms with E-state index in [2.05, 4.69) is 486 Å². The van der Waals surface area contributed by atoms with E-state index in [1.165, 1.54) is 86.9 Å². The molecular formula is C124H78N4O2. The quantitative estimate of drug-likeness (QED) is 0.0960. The molecule has 0 aliphatic heterocycles. The molecule has 0 radical (unpaired) electrons. The smallest absolute Gasteiger partial charge is 0.143 e. The highest BCUT2D eigenvalue weighted by molar-refractivity contribution is 6.20. The fraction of sp³-hybridized carbons (Fsp3) is 0. The van der Waals surface area contributed by atoms with Crippen LogP contribution in [0.1, 0.15) is 0 Å². The van der Waals surface area contributed by atoms with Crippen LogP contribution in [-0.4, -0.2) is 9.13 Å². The highest BCUT2D eigenvalue weighted by Crippen LogP contribution is 2.50. The molecular weight excluding hydrogens is 1580 g/mol. The molecule has 26 aromatic rings. The van der Waals surface area contributed by atoms with Crippen molar-refractivity contribution in [1.29, 1.82) is 0 Å². The summed E-state index contributed by atoms with van der Waals surface area (Å²) in [5.74, 6) is 0. The summed E-state index contributed by atoms with van der Waals surface area (Å²) in [6.45, 7) is 0. The number of para-hydroxylation sites is 9. The Hall–Kier alpha value is -17.3. The van der Waals surface area contributed by atoms with Crippen molar-refractivity contribution in [2.24, 2.45) is 0 Å². The molecule has 6 heteroatoms. The van der Waals surface area contributed by atoms with Gasteiger partial charge in [-0.3, -0.25) is 0 Å². The predicted molar refractivity (Wildman–Crippen MR) is 547 cm³/mol. The van der Waals surface area contributed by atoms with Gasteiger partial charge in [0.1, 0.15) is 22.3 Å². The van der Waals surface area contributed by atoms with Crippen molar-refractivity contribution in [1.82, 2.24) is 9.13 Å². The average Bonchev–Trinajstić information content (AvgIpc) is 1.47. The molecule has 4 aromatic heterocycles. The fourth-order valence-corrected chi connectivity index (χ4v) is 20.9. The van der Waals surface area contributed by atoms with Crippen LogP contribution in [0.2, 0.25) is 0 Å². The van der Waals surface area contributed by atoms with Crippen molar-refractivity contribution >= 4 is 165 Å². The van der Waals surface area contributed by atoms with Crippen molar-refractivity contribution in [2.75, 3.05) is 9.80 Å². The van der Waals surface area contributed by atoms with E-state index in [4.69, 9.17) is 8.83 Å². The summed E-state index contributed by atoms with van der Waals surface area (Å²) in [5, 5.41) is 18.9. The summed E-state index contributed by atoms with van der Waals surface area (Å²) in [5.41, 5.74) is 31.8. The highest BCUT2D eigenvalue weighted by Gasteiger charge is 2.26. The van der Waals surface area contributed by atoms with Gasteiger partial charge in [-0.2, -0.15) is 0 Å². The Kier molecular flexibility index (Phi) is 17.2. The molecule has 0 fully saturated rings. The van der Waals surface area contributed by atoms with Gasteiger partial charge in [-0.15, -0.1) is 0 Å². The molecule has 22 aromatic carbocycles. The van der Waals surface area contributed by atoms with E-state index in [-0.39, 0.29) is 0 Å². The van der Waals surface area contributed by atoms with Gasteiger partial charge in [0.15, 0.2) is 0 Å². The van der Waals surface area contributed by atoms with Crippen molar-refractivity contribution < 1.29 is 8.83 Å². The minimum atomic E-state index is 0.833. The minimum absolute atomic E-state index is 0.833. The Labute approximate surface area is 749 Å². The van der Waals surface area contributed by atoms with E-state index in [9.17, 15) is 0 Å². The van der Waals surface area contributed by atoms with Crippen molar-refractivity contribution in [2.45, 2.75) is 0 Å². The van der Waals surface area contributed by atoms with E-state index in [0.717, 1.165) is 167 Å². The minimum Gasteiger partial charge on any atom is -0.455 e. The number of rotatable bonds is 15. The lowest BCUT2D eigenvalue weighted by Crippen LogP contribution is -2.10. The van der Waals surface area contributed by atoms with E-state index in [1.54, 1.807) is 0 Å². The summed E-state index contributed by atoms with van der Waals surface area (Å²) in [7, 11) is 0. The van der Waals surface area contributed by atoms with Gasteiger partial charge in [-0.05, 0) is 244 Å². The fourth-order valence-electron chi connectivity index (χ4n) is 20.9. The molecule has 0 N–H and O–H groups in total. The number of furan rings is 2. The van der Waals surface area contributed by atoms with Gasteiger partial charge >= 0.3 is 0 Å². The predicted octanol–water partition coefficient (Wildman–Crippen LogP) is 34.9. The number of aromatic nitrogens is 2. The Balaban J connectivity index is 0.589. The second-order valence-electron chi connectivity index (χ2n) is 34.1. The van der Waals surface area contributed by atoms with Crippen LogP contribution in [0.5, 0.6) is 0 Å². The average molecular weight is 1660 g/mol. The normalized spacial score (nSPS) is 11.8. The van der Waals surface area contributed by atoms with E-state index < -0.39 is 0 Å². The van der Waals surface area contributed by atoms with Crippen LogP contribution in [-0.2, 0) is 0 Å². The lowest BCUT2D eigenvalue weighted by Gasteiger charge is -2.27. The second kappa shape index (κ2) is 30.2. The first kappa shape index (κ1) is 74.1. The zero-order valence-electron chi connectivity index (χ0n) is 70.6. The lowest BCUT2D eigenvalue weighted by atomic mass is 9.89. The summed E-state index contributed by atoms with van der Waals surface area (Å²) >= 11 is 0. The monoisotopic (exact) mass is 1650 g/mol. The molecule has 0 aliphatic carbocycles. The van der Waals surface area contributed by atoms with Gasteiger partial charge < -0.3 is 27.8 Å². The summed E-state index contributed by atoms with van der Waals surface area (Å²) in [4.78, 5) is 4.82. The van der Waals surface area contributed by atoms with Gasteiger partial charge in [-0.1, -0.05) is 328 Å². The number of benzene rings is 22. The second-order valence-corrected chi connectivity index (χ2v) is 34.1. The van der Waals surface area contributed by atoms with E-state index >= 15 is 0 Å². The van der Waals surface area contributed by atoms with Crippen molar-refractivity contribution in [3.8, 4) is 89.3 Å². The summed E-state index contributed by atoms with van der Waals surface area (Å²) < 4.78 is 18.7. The maximum absolute atomic E-state index is 7.21. The Morgan fingerprint density at radius 2 is 0.523 bits per heavy atom. The zero-order valence-corrected chi connectivity index (χ0v) is 70.6. The number of hydrogen-bond donors (Lipinski definition) is 0. The molecule has 0 saturated heterocycles. The molecule has 130 heavy (non-hydrogen) atoms. The van der Waals surface area contributed by atoms with E-state index in [1.807, 2.05) is 6.07 Å². The van der Waals surface area contributed by atoms with Crippen LogP contribution in [0.3, 0.4) is 0 Å². The summed E-state index contributed by atoms with van der Waals surface area (Å²) in [6.07, 6.45) is 0. The molecule has 0 amide bonds. The SMILES string of the molecule is c1cc(-c2ccccc2-n2c3ccccc3c3ccccc32)cc(N(c2ccc(-c3ccc4c(ccc5ccccc54)c3)cc2)c2ccc(-c3ccc(-c4ccc5c(c4)c(-c4cccc(N(c6ccc(-c7cccc8c7oc7ccccc78)cc6)c6cccc(-c7ccccc7-n7c8ccccc8c8ccccc87)c6)c4)cc4ccccc45)c4c3oc3ccccc34)cc2)c1. The third-order valence-corrected chi connectivity index (χ3v) is 26.9. The van der Waals surface area contributed by atoms with E-state index in [0.29, 0.717) is 0 Å². The van der Waals surface area contributed by atoms with Gasteiger partial charge in [0.05, 0.1) is 33.4 Å². The molecule has 0 unspecified atom stereocenters. The van der Waals surface area contributed by atoms with Crippen LogP contribution < -0.4 is 9.80 Å². The van der Waals surface area contributed by atoms with Crippen LogP contribution in [0.4, 0.5) is 34.1 Å². The molecule has 4 heterocycles. The van der Waals surface area contributed by atoms with Gasteiger partial charge in [-0.25, -0.2) is 0 Å². The Bertz CT molecular complexity index is 8970. The van der Waals surface area contributed by atoms with Crippen molar-refractivity contribution in [3.05, 3.63) is 473 Å². The van der Waals surface area contributed by atoms with Crippen molar-refractivity contribution in [3.63, 3.8) is 0 Å². The number of fused-ring (bicyclic) bond motifs is 18. The van der Waals surface area contributed by atoms with Gasteiger partial charge in [0.2, 0.25) is 0 Å². The number of hydrogen-bond acceptors (Lipinski definition) is 4. The maximum Gasteiger partial charge on any atom is 0.143 e. The van der Waals surface area contributed by atoms with Crippen LogP contribution in [0.25, 0.3) is 220 Å². The molecule has 0 saturated carbocycles. The summed E-state index contributed by atoms with van der Waals surface area (Å²) in [6, 6.07) is 173. The Morgan fingerprint density at radius 1 is 0.162 bits per heavy atom. The molecule has 26 rings (SSSR count). The molecule has 0 aliphatic rings. The van der Waals surface area contributed by atoms with Crippen LogP contribution >= 0.6 is 0 Å². The third-order valence-electron chi connectivity index (χ3n) is 26.9. The first-order valence-corrected chi connectivity index (χ1v) is 44.6. The maximum atomic E-state index is 7.21. The first-order valence-electron chi connectivity index (χ1n) is 44.6. The molecule has 0 atom stereocenters. The number of anilines is 6.